The second kappa shape index (κ2) is 7.56. The number of rotatable bonds is 7. The average Bonchev–Trinajstić information content (AvgIpc) is 3.28. The summed E-state index contributed by atoms with van der Waals surface area (Å²) in [7, 11) is 1.93. The van der Waals surface area contributed by atoms with Crippen molar-refractivity contribution in [1.29, 1.82) is 0 Å². The van der Waals surface area contributed by atoms with Crippen molar-refractivity contribution in [3.63, 3.8) is 0 Å². The number of fused-ring (bicyclic) bond motifs is 1. The zero-order chi connectivity index (χ0) is 19.5. The first-order valence-electron chi connectivity index (χ1n) is 8.97. The molecule has 142 valence electrons. The quantitative estimate of drug-likeness (QED) is 0.536. The molecule has 4 rings (SSSR count). The van der Waals surface area contributed by atoms with Crippen molar-refractivity contribution in [2.45, 2.75) is 13.0 Å². The van der Waals surface area contributed by atoms with E-state index >= 15 is 0 Å². The molecule has 0 spiro atoms. The Labute approximate surface area is 161 Å². The van der Waals surface area contributed by atoms with Crippen LogP contribution in [-0.2, 0) is 24.8 Å². The number of hydrogen-bond acceptors (Lipinski definition) is 4. The first-order valence-corrected chi connectivity index (χ1v) is 8.97. The number of pyridine rings is 1. The maximum atomic E-state index is 10.9. The van der Waals surface area contributed by atoms with Crippen molar-refractivity contribution in [2.75, 3.05) is 6.61 Å². The summed E-state index contributed by atoms with van der Waals surface area (Å²) in [6.07, 6.45) is 5.91. The Hall–Kier alpha value is -3.61. The van der Waals surface area contributed by atoms with Crippen LogP contribution in [-0.4, -0.2) is 37.0 Å². The predicted octanol–water partition coefficient (Wildman–Crippen LogP) is 3.14. The summed E-state index contributed by atoms with van der Waals surface area (Å²) in [4.78, 5) is 15.2. The molecule has 3 heterocycles. The monoisotopic (exact) mass is 376 g/mol. The summed E-state index contributed by atoms with van der Waals surface area (Å²) >= 11 is 0. The van der Waals surface area contributed by atoms with Crippen LogP contribution in [0.5, 0.6) is 5.75 Å². The number of carbonyl (C=O) groups is 1. The van der Waals surface area contributed by atoms with Crippen molar-refractivity contribution < 1.29 is 14.6 Å². The van der Waals surface area contributed by atoms with Crippen LogP contribution in [0.1, 0.15) is 5.56 Å². The SMILES string of the molecule is Cn1nccc1-c1cccc(CCOc2cnc3c(ccn3CC(=O)O)c2)c1. The van der Waals surface area contributed by atoms with Gasteiger partial charge in [0.2, 0.25) is 0 Å². The van der Waals surface area contributed by atoms with Gasteiger partial charge in [-0.2, -0.15) is 5.10 Å². The molecule has 1 aromatic carbocycles. The molecular weight excluding hydrogens is 356 g/mol. The Morgan fingerprint density at radius 2 is 2.11 bits per heavy atom. The lowest BCUT2D eigenvalue weighted by atomic mass is 10.1. The lowest BCUT2D eigenvalue weighted by molar-refractivity contribution is -0.137. The number of hydrogen-bond donors (Lipinski definition) is 1. The van der Waals surface area contributed by atoms with Crippen LogP contribution in [0.3, 0.4) is 0 Å². The van der Waals surface area contributed by atoms with Gasteiger partial charge in [0, 0.05) is 36.8 Å². The molecule has 0 unspecified atom stereocenters. The Morgan fingerprint density at radius 1 is 1.21 bits per heavy atom. The number of nitrogens with zero attached hydrogens (tertiary/aromatic N) is 4. The molecule has 0 atom stereocenters. The molecule has 0 bridgehead atoms. The van der Waals surface area contributed by atoms with Crippen LogP contribution < -0.4 is 4.74 Å². The minimum absolute atomic E-state index is 0.107. The Bertz CT molecular complexity index is 1130. The number of benzene rings is 1. The Kier molecular flexibility index (Phi) is 4.80. The van der Waals surface area contributed by atoms with Gasteiger partial charge in [0.15, 0.2) is 0 Å². The fourth-order valence-corrected chi connectivity index (χ4v) is 3.24. The van der Waals surface area contributed by atoms with Gasteiger partial charge in [0.05, 0.1) is 18.5 Å². The minimum atomic E-state index is -0.895. The first-order chi connectivity index (χ1) is 13.6. The van der Waals surface area contributed by atoms with E-state index in [1.807, 2.05) is 36.0 Å². The molecule has 28 heavy (non-hydrogen) atoms. The van der Waals surface area contributed by atoms with Gasteiger partial charge >= 0.3 is 5.97 Å². The van der Waals surface area contributed by atoms with Gasteiger partial charge < -0.3 is 14.4 Å². The number of aryl methyl sites for hydroxylation is 1. The maximum absolute atomic E-state index is 10.9. The van der Waals surface area contributed by atoms with Crippen molar-refractivity contribution in [3.8, 4) is 17.0 Å². The third-order valence-electron chi connectivity index (χ3n) is 4.58. The van der Waals surface area contributed by atoms with Crippen molar-refractivity contribution in [3.05, 3.63) is 66.6 Å². The van der Waals surface area contributed by atoms with E-state index in [1.54, 1.807) is 23.2 Å². The first kappa shape index (κ1) is 17.8. The van der Waals surface area contributed by atoms with Gasteiger partial charge in [-0.25, -0.2) is 4.98 Å². The van der Waals surface area contributed by atoms with Gasteiger partial charge in [-0.15, -0.1) is 0 Å². The molecule has 0 fully saturated rings. The van der Waals surface area contributed by atoms with Crippen molar-refractivity contribution in [1.82, 2.24) is 19.3 Å². The van der Waals surface area contributed by atoms with Crippen LogP contribution >= 0.6 is 0 Å². The molecular formula is C21H20N4O3. The molecule has 7 nitrogen and oxygen atoms in total. The van der Waals surface area contributed by atoms with Crippen LogP contribution in [0.25, 0.3) is 22.3 Å². The number of aromatic nitrogens is 4. The third-order valence-corrected chi connectivity index (χ3v) is 4.58. The van der Waals surface area contributed by atoms with Gasteiger partial charge in [-0.3, -0.25) is 9.48 Å². The summed E-state index contributed by atoms with van der Waals surface area (Å²) in [6, 6.07) is 14.1. The summed E-state index contributed by atoms with van der Waals surface area (Å²) < 4.78 is 9.31. The van der Waals surface area contributed by atoms with Gasteiger partial charge in [-0.1, -0.05) is 18.2 Å². The highest BCUT2D eigenvalue weighted by Gasteiger charge is 2.08. The highest BCUT2D eigenvalue weighted by Crippen LogP contribution is 2.21. The number of carboxylic acids is 1. The molecule has 0 aliphatic rings. The molecule has 0 saturated heterocycles. The van der Waals surface area contributed by atoms with Crippen LogP contribution in [0.2, 0.25) is 0 Å². The molecule has 0 aliphatic heterocycles. The van der Waals surface area contributed by atoms with Crippen LogP contribution in [0.15, 0.2) is 61.1 Å². The van der Waals surface area contributed by atoms with Gasteiger partial charge in [-0.05, 0) is 29.8 Å². The van der Waals surface area contributed by atoms with E-state index in [0.717, 1.165) is 23.1 Å². The van der Waals surface area contributed by atoms with E-state index in [-0.39, 0.29) is 6.54 Å². The van der Waals surface area contributed by atoms with Crippen molar-refractivity contribution >= 4 is 17.0 Å². The Balaban J connectivity index is 1.41. The van der Waals surface area contributed by atoms with Crippen LogP contribution in [0.4, 0.5) is 0 Å². The lowest BCUT2D eigenvalue weighted by Gasteiger charge is -2.08. The smallest absolute Gasteiger partial charge is 0.323 e. The maximum Gasteiger partial charge on any atom is 0.323 e. The summed E-state index contributed by atoms with van der Waals surface area (Å²) in [5.41, 5.74) is 4.02. The highest BCUT2D eigenvalue weighted by molar-refractivity contribution is 5.79. The molecule has 1 N–H and O–H groups in total. The Morgan fingerprint density at radius 3 is 2.89 bits per heavy atom. The predicted molar refractivity (Wildman–Crippen MR) is 105 cm³/mol. The zero-order valence-corrected chi connectivity index (χ0v) is 15.4. The number of aliphatic carboxylic acids is 1. The molecule has 0 amide bonds. The summed E-state index contributed by atoms with van der Waals surface area (Å²) in [5.74, 6) is -0.226. The highest BCUT2D eigenvalue weighted by atomic mass is 16.5. The largest absolute Gasteiger partial charge is 0.492 e. The summed E-state index contributed by atoms with van der Waals surface area (Å²) in [6.45, 7) is 0.418. The second-order valence-corrected chi connectivity index (χ2v) is 6.56. The fourth-order valence-electron chi connectivity index (χ4n) is 3.24. The molecule has 0 radical (unpaired) electrons. The van der Waals surface area contributed by atoms with Gasteiger partial charge in [0.1, 0.15) is 17.9 Å². The average molecular weight is 376 g/mol. The number of ether oxygens (including phenoxy) is 1. The third kappa shape index (κ3) is 3.73. The minimum Gasteiger partial charge on any atom is -0.492 e. The van der Waals surface area contributed by atoms with E-state index in [4.69, 9.17) is 9.84 Å². The molecule has 0 aliphatic carbocycles. The molecule has 7 heteroatoms. The molecule has 4 aromatic rings. The van der Waals surface area contributed by atoms with E-state index in [1.165, 1.54) is 5.56 Å². The number of carboxylic acid groups (broad SMARTS) is 1. The second-order valence-electron chi connectivity index (χ2n) is 6.56. The van der Waals surface area contributed by atoms with E-state index < -0.39 is 5.97 Å². The normalized spacial score (nSPS) is 11.0. The fraction of sp³-hybridized carbons (Fsp3) is 0.190. The topological polar surface area (TPSA) is 82.2 Å². The van der Waals surface area contributed by atoms with E-state index in [0.29, 0.717) is 18.0 Å². The molecule has 0 saturated carbocycles. The summed E-state index contributed by atoms with van der Waals surface area (Å²) in [5, 5.41) is 14.0. The van der Waals surface area contributed by atoms with Crippen LogP contribution in [0, 0.1) is 0 Å². The molecule has 3 aromatic heterocycles. The van der Waals surface area contributed by atoms with E-state index in [9.17, 15) is 4.79 Å². The standard InChI is InChI=1S/C21H20N4O3/c1-24-19(5-8-23-24)16-4-2-3-15(11-16)7-10-28-18-12-17-6-9-25(14-20(26)27)21(17)22-13-18/h2-6,8-9,11-13H,7,10,14H2,1H3,(H,26,27). The van der Waals surface area contributed by atoms with E-state index in [2.05, 4.69) is 28.3 Å². The van der Waals surface area contributed by atoms with Gasteiger partial charge in [0.25, 0.3) is 0 Å². The lowest BCUT2D eigenvalue weighted by Crippen LogP contribution is -2.08. The zero-order valence-electron chi connectivity index (χ0n) is 15.4. The van der Waals surface area contributed by atoms with Crippen molar-refractivity contribution in [2.24, 2.45) is 7.05 Å².